The number of thioether (sulfide) groups is 1. The molecule has 0 N–H and O–H groups in total. The summed E-state index contributed by atoms with van der Waals surface area (Å²) in [7, 11) is 1.46. The van der Waals surface area contributed by atoms with Crippen molar-refractivity contribution in [3.8, 4) is 5.75 Å². The van der Waals surface area contributed by atoms with Gasteiger partial charge in [0.1, 0.15) is 17.9 Å². The van der Waals surface area contributed by atoms with Gasteiger partial charge < -0.3 is 4.74 Å². The molecule has 0 atom stereocenters. The second-order valence-corrected chi connectivity index (χ2v) is 3.86. The Balaban J connectivity index is 3.19. The highest BCUT2D eigenvalue weighted by Gasteiger charge is 2.11. The van der Waals surface area contributed by atoms with E-state index in [1.807, 2.05) is 6.92 Å². The van der Waals surface area contributed by atoms with Gasteiger partial charge in [-0.2, -0.15) is 0 Å². The lowest BCUT2D eigenvalue weighted by Crippen LogP contribution is -1.93. The Morgan fingerprint density at radius 3 is 2.79 bits per heavy atom. The topological polar surface area (TPSA) is 26.3 Å². The molecule has 1 rings (SSSR count). The molecule has 0 radical (unpaired) electrons. The molecule has 0 unspecified atom stereocenters. The molecule has 4 heteroatoms. The molecule has 0 amide bonds. The molecule has 0 saturated carbocycles. The average molecular weight is 214 g/mol. The number of halogens is 1. The van der Waals surface area contributed by atoms with Gasteiger partial charge >= 0.3 is 0 Å². The van der Waals surface area contributed by atoms with Crippen molar-refractivity contribution < 1.29 is 13.9 Å². The van der Waals surface area contributed by atoms with Crippen LogP contribution in [0, 0.1) is 5.82 Å². The van der Waals surface area contributed by atoms with Crippen LogP contribution in [-0.2, 0) is 0 Å². The van der Waals surface area contributed by atoms with Crippen molar-refractivity contribution in [1.82, 2.24) is 0 Å². The number of aldehydes is 1. The van der Waals surface area contributed by atoms with E-state index in [9.17, 15) is 9.18 Å². The van der Waals surface area contributed by atoms with Gasteiger partial charge in [0, 0.05) is 5.56 Å². The zero-order valence-electron chi connectivity index (χ0n) is 8.04. The Bertz CT molecular complexity index is 339. The number of rotatable bonds is 4. The molecule has 0 aliphatic heterocycles. The standard InChI is InChI=1S/C10H11FO2S/c1-3-14-10-8(11)4-7(6-12)5-9(10)13-2/h4-6H,3H2,1-2H3. The summed E-state index contributed by atoms with van der Waals surface area (Å²) in [4.78, 5) is 10.9. The number of hydrogen-bond acceptors (Lipinski definition) is 3. The normalized spacial score (nSPS) is 9.93. The number of hydrogen-bond donors (Lipinski definition) is 0. The molecule has 0 bridgehead atoms. The Kier molecular flexibility index (Phi) is 3.95. The molecule has 1 aromatic rings. The van der Waals surface area contributed by atoms with Gasteiger partial charge in [0.15, 0.2) is 0 Å². The Labute approximate surface area is 86.5 Å². The van der Waals surface area contributed by atoms with Crippen molar-refractivity contribution >= 4 is 18.0 Å². The van der Waals surface area contributed by atoms with Crippen molar-refractivity contribution in [3.05, 3.63) is 23.5 Å². The summed E-state index contributed by atoms with van der Waals surface area (Å²) in [6.07, 6.45) is 0.603. The van der Waals surface area contributed by atoms with E-state index in [-0.39, 0.29) is 0 Å². The van der Waals surface area contributed by atoms with E-state index in [2.05, 4.69) is 0 Å². The van der Waals surface area contributed by atoms with Crippen molar-refractivity contribution in [1.29, 1.82) is 0 Å². The third-order valence-electron chi connectivity index (χ3n) is 1.68. The first-order chi connectivity index (χ1) is 6.72. The smallest absolute Gasteiger partial charge is 0.150 e. The van der Waals surface area contributed by atoms with E-state index in [4.69, 9.17) is 4.74 Å². The van der Waals surface area contributed by atoms with Gasteiger partial charge in [0.25, 0.3) is 0 Å². The van der Waals surface area contributed by atoms with Gasteiger partial charge in [-0.15, -0.1) is 11.8 Å². The molecule has 0 spiro atoms. The molecular weight excluding hydrogens is 203 g/mol. The summed E-state index contributed by atoms with van der Waals surface area (Å²) in [6.45, 7) is 1.93. The lowest BCUT2D eigenvalue weighted by atomic mass is 10.2. The number of carbonyl (C=O) groups excluding carboxylic acids is 1. The third kappa shape index (κ3) is 2.26. The van der Waals surface area contributed by atoms with Gasteiger partial charge in [-0.3, -0.25) is 4.79 Å². The van der Waals surface area contributed by atoms with Crippen LogP contribution in [0.2, 0.25) is 0 Å². The van der Waals surface area contributed by atoms with Crippen LogP contribution >= 0.6 is 11.8 Å². The van der Waals surface area contributed by atoms with Crippen LogP contribution in [0.4, 0.5) is 4.39 Å². The lowest BCUT2D eigenvalue weighted by Gasteiger charge is -2.08. The highest BCUT2D eigenvalue weighted by Crippen LogP contribution is 2.32. The molecule has 1 aromatic carbocycles. The number of benzene rings is 1. The molecule has 0 aliphatic carbocycles. The molecule has 14 heavy (non-hydrogen) atoms. The Morgan fingerprint density at radius 2 is 2.29 bits per heavy atom. The lowest BCUT2D eigenvalue weighted by molar-refractivity contribution is 0.112. The van der Waals surface area contributed by atoms with Gasteiger partial charge in [-0.25, -0.2) is 4.39 Å². The van der Waals surface area contributed by atoms with E-state index < -0.39 is 5.82 Å². The molecule has 0 fully saturated rings. The van der Waals surface area contributed by atoms with Gasteiger partial charge in [-0.05, 0) is 17.9 Å². The first-order valence-corrected chi connectivity index (χ1v) is 5.17. The van der Waals surface area contributed by atoms with Crippen LogP contribution in [0.5, 0.6) is 5.75 Å². The number of carbonyl (C=O) groups is 1. The van der Waals surface area contributed by atoms with Crippen LogP contribution in [0.25, 0.3) is 0 Å². The first-order valence-electron chi connectivity index (χ1n) is 4.18. The maximum atomic E-state index is 13.4. The van der Waals surface area contributed by atoms with Crippen molar-refractivity contribution in [3.63, 3.8) is 0 Å². The van der Waals surface area contributed by atoms with Gasteiger partial charge in [0.05, 0.1) is 12.0 Å². The summed E-state index contributed by atoms with van der Waals surface area (Å²) in [5.41, 5.74) is 0.291. The molecular formula is C10H11FO2S. The monoisotopic (exact) mass is 214 g/mol. The van der Waals surface area contributed by atoms with E-state index in [0.717, 1.165) is 5.75 Å². The molecule has 0 aromatic heterocycles. The average Bonchev–Trinajstić information content (AvgIpc) is 2.20. The van der Waals surface area contributed by atoms with Crippen LogP contribution in [-0.4, -0.2) is 19.1 Å². The van der Waals surface area contributed by atoms with E-state index >= 15 is 0 Å². The maximum Gasteiger partial charge on any atom is 0.150 e. The fraction of sp³-hybridized carbons (Fsp3) is 0.300. The minimum absolute atomic E-state index is 0.291. The third-order valence-corrected chi connectivity index (χ3v) is 2.65. The maximum absolute atomic E-state index is 13.4. The molecule has 2 nitrogen and oxygen atoms in total. The second kappa shape index (κ2) is 5.00. The van der Waals surface area contributed by atoms with Crippen LogP contribution < -0.4 is 4.74 Å². The van der Waals surface area contributed by atoms with E-state index in [1.165, 1.54) is 31.0 Å². The van der Waals surface area contributed by atoms with Crippen LogP contribution in [0.15, 0.2) is 17.0 Å². The minimum atomic E-state index is -0.404. The SMILES string of the molecule is CCSc1c(F)cc(C=O)cc1OC. The fourth-order valence-electron chi connectivity index (χ4n) is 1.09. The van der Waals surface area contributed by atoms with Crippen molar-refractivity contribution in [2.45, 2.75) is 11.8 Å². The zero-order valence-corrected chi connectivity index (χ0v) is 8.86. The Hall–Kier alpha value is -1.03. The van der Waals surface area contributed by atoms with Crippen molar-refractivity contribution in [2.24, 2.45) is 0 Å². The second-order valence-electron chi connectivity index (χ2n) is 2.58. The summed E-state index contributed by atoms with van der Waals surface area (Å²) < 4.78 is 18.4. The highest BCUT2D eigenvalue weighted by atomic mass is 32.2. The predicted octanol–water partition coefficient (Wildman–Crippen LogP) is 2.76. The fourth-order valence-corrected chi connectivity index (χ4v) is 1.86. The predicted molar refractivity (Wildman–Crippen MR) is 54.7 cm³/mol. The molecule has 0 heterocycles. The summed E-state index contributed by atoms with van der Waals surface area (Å²) in [5, 5.41) is 0. The van der Waals surface area contributed by atoms with Gasteiger partial charge in [0.2, 0.25) is 0 Å². The van der Waals surface area contributed by atoms with Crippen LogP contribution in [0.1, 0.15) is 17.3 Å². The molecule has 76 valence electrons. The van der Waals surface area contributed by atoms with E-state index in [1.54, 1.807) is 0 Å². The summed E-state index contributed by atoms with van der Waals surface area (Å²) in [5.74, 6) is 0.769. The quantitative estimate of drug-likeness (QED) is 0.569. The molecule has 0 saturated heterocycles. The molecule has 0 aliphatic rings. The highest BCUT2D eigenvalue weighted by molar-refractivity contribution is 7.99. The minimum Gasteiger partial charge on any atom is -0.495 e. The van der Waals surface area contributed by atoms with Crippen LogP contribution in [0.3, 0.4) is 0 Å². The number of methoxy groups -OCH3 is 1. The largest absolute Gasteiger partial charge is 0.495 e. The summed E-state index contributed by atoms with van der Waals surface area (Å²) in [6, 6.07) is 2.75. The Morgan fingerprint density at radius 1 is 1.57 bits per heavy atom. The number of ether oxygens (including phenoxy) is 1. The van der Waals surface area contributed by atoms with Gasteiger partial charge in [-0.1, -0.05) is 6.92 Å². The zero-order chi connectivity index (χ0) is 10.6. The van der Waals surface area contributed by atoms with E-state index in [0.29, 0.717) is 22.5 Å². The summed E-state index contributed by atoms with van der Waals surface area (Å²) >= 11 is 1.36. The first kappa shape index (κ1) is 11.0. The van der Waals surface area contributed by atoms with Crippen molar-refractivity contribution in [2.75, 3.05) is 12.9 Å².